The van der Waals surface area contributed by atoms with Crippen LogP contribution in [0.5, 0.6) is 11.5 Å². The predicted molar refractivity (Wildman–Crippen MR) is 226 cm³/mol. The molecule has 254 valence electrons. The molecule has 0 atom stereocenters. The van der Waals surface area contributed by atoms with Crippen molar-refractivity contribution in [3.8, 4) is 67.1 Å². The van der Waals surface area contributed by atoms with Crippen LogP contribution in [0.2, 0.25) is 0 Å². The third-order valence-electron chi connectivity index (χ3n) is 10.5. The number of hydrogen-bond acceptors (Lipinski definition) is 2. The number of ether oxygens (including phenoxy) is 1. The lowest BCUT2D eigenvalue weighted by atomic mass is 9.90. The molecule has 2 nitrogen and oxygen atoms in total. The van der Waals surface area contributed by atoms with E-state index in [1.54, 1.807) is 0 Å². The van der Waals surface area contributed by atoms with Crippen molar-refractivity contribution in [1.82, 2.24) is 0 Å². The maximum atomic E-state index is 7.06. The number of rotatable bonds is 6. The van der Waals surface area contributed by atoms with Gasteiger partial charge >= 0.3 is 0 Å². The maximum absolute atomic E-state index is 7.06. The Morgan fingerprint density at radius 1 is 0.259 bits per heavy atom. The molecule has 9 aromatic rings. The van der Waals surface area contributed by atoms with Crippen molar-refractivity contribution in [2.75, 3.05) is 4.90 Å². The summed E-state index contributed by atoms with van der Waals surface area (Å²) in [6.45, 7) is 0. The summed E-state index contributed by atoms with van der Waals surface area (Å²) in [4.78, 5) is 2.32. The summed E-state index contributed by atoms with van der Waals surface area (Å²) in [5, 5.41) is 2.41. The van der Waals surface area contributed by atoms with Gasteiger partial charge in [0.1, 0.15) is 11.5 Å². The lowest BCUT2D eigenvalue weighted by Gasteiger charge is -2.27. The van der Waals surface area contributed by atoms with E-state index < -0.39 is 0 Å². The fraction of sp³-hybridized carbons (Fsp3) is 0. The molecule has 0 unspecified atom stereocenters. The zero-order valence-corrected chi connectivity index (χ0v) is 29.6. The Morgan fingerprint density at radius 2 is 0.630 bits per heavy atom. The second kappa shape index (κ2) is 13.4. The lowest BCUT2D eigenvalue weighted by molar-refractivity contribution is 0.488. The Kier molecular flexibility index (Phi) is 7.85. The van der Waals surface area contributed by atoms with Crippen molar-refractivity contribution >= 4 is 27.8 Å². The zero-order valence-electron chi connectivity index (χ0n) is 29.6. The molecule has 0 aromatic heterocycles. The molecule has 0 amide bonds. The Hall–Kier alpha value is -7.16. The van der Waals surface area contributed by atoms with Crippen LogP contribution in [0.15, 0.2) is 212 Å². The molecule has 1 aliphatic heterocycles. The number of fused-ring (bicyclic) bond motifs is 6. The molecule has 0 fully saturated rings. The zero-order chi connectivity index (χ0) is 35.8. The summed E-state index contributed by atoms with van der Waals surface area (Å²) in [6.07, 6.45) is 0. The molecule has 1 aliphatic rings. The Morgan fingerprint density at radius 3 is 1.13 bits per heavy atom. The summed E-state index contributed by atoms with van der Waals surface area (Å²) in [7, 11) is 0. The molecule has 0 bridgehead atoms. The van der Waals surface area contributed by atoms with Crippen molar-refractivity contribution in [1.29, 1.82) is 0 Å². The van der Waals surface area contributed by atoms with E-state index in [1.807, 2.05) is 0 Å². The first-order valence-electron chi connectivity index (χ1n) is 18.4. The maximum Gasteiger partial charge on any atom is 0.137 e. The number of hydrogen-bond donors (Lipinski definition) is 0. The van der Waals surface area contributed by atoms with Crippen LogP contribution < -0.4 is 9.64 Å². The molecular weight excluding hydrogens is 655 g/mol. The van der Waals surface area contributed by atoms with Gasteiger partial charge < -0.3 is 9.64 Å². The van der Waals surface area contributed by atoms with E-state index in [0.717, 1.165) is 56.4 Å². The largest absolute Gasteiger partial charge is 0.456 e. The summed E-state index contributed by atoms with van der Waals surface area (Å²) in [6, 6.07) is 75.7. The van der Waals surface area contributed by atoms with Gasteiger partial charge in [0.25, 0.3) is 0 Å². The van der Waals surface area contributed by atoms with Crippen LogP contribution in [-0.2, 0) is 0 Å². The topological polar surface area (TPSA) is 12.5 Å². The smallest absolute Gasteiger partial charge is 0.137 e. The highest BCUT2D eigenvalue weighted by atomic mass is 16.5. The molecule has 0 spiro atoms. The second-order valence-electron chi connectivity index (χ2n) is 13.8. The van der Waals surface area contributed by atoms with Gasteiger partial charge in [0.2, 0.25) is 0 Å². The summed E-state index contributed by atoms with van der Waals surface area (Å²) < 4.78 is 7.06. The van der Waals surface area contributed by atoms with Gasteiger partial charge in [-0.3, -0.25) is 0 Å². The van der Waals surface area contributed by atoms with Crippen molar-refractivity contribution in [2.24, 2.45) is 0 Å². The van der Waals surface area contributed by atoms with E-state index in [2.05, 4.69) is 217 Å². The molecular formula is C52H35NO. The average Bonchev–Trinajstić information content (AvgIpc) is 3.37. The fourth-order valence-electron chi connectivity index (χ4n) is 7.72. The standard InChI is InChI=1S/C52H35NO/c1-4-12-36(13-5-1)39-20-25-44(26-21-39)53(45-27-22-40(23-28-45)37-14-6-2-7-15-37)46-29-31-48-50-33-42-19-11-10-18-41(42)32-49(50)47-30-24-43(38-16-8-3-9-17-38)34-51(47)54-52(48)35-46/h1-35H. The van der Waals surface area contributed by atoms with Gasteiger partial charge in [-0.05, 0) is 116 Å². The SMILES string of the molecule is c1ccc(-c2ccc(N(c3ccc(-c4ccccc4)cc3)c3ccc4c(c3)Oc3cc(-c5ccccc5)ccc3-c3cc5ccccc5cc3-4)cc2)cc1. The molecule has 0 aliphatic carbocycles. The van der Waals surface area contributed by atoms with Gasteiger partial charge in [0.15, 0.2) is 0 Å². The first-order valence-corrected chi connectivity index (χ1v) is 18.4. The highest BCUT2D eigenvalue weighted by molar-refractivity contribution is 6.00. The summed E-state index contributed by atoms with van der Waals surface area (Å²) >= 11 is 0. The van der Waals surface area contributed by atoms with Gasteiger partial charge in [-0.15, -0.1) is 0 Å². The van der Waals surface area contributed by atoms with E-state index in [1.165, 1.54) is 38.6 Å². The first kappa shape index (κ1) is 31.6. The predicted octanol–water partition coefficient (Wildman–Crippen LogP) is 14.8. The van der Waals surface area contributed by atoms with Crippen LogP contribution >= 0.6 is 0 Å². The van der Waals surface area contributed by atoms with Gasteiger partial charge in [-0.2, -0.15) is 0 Å². The Bertz CT molecular complexity index is 2670. The van der Waals surface area contributed by atoms with Crippen molar-refractivity contribution < 1.29 is 4.74 Å². The van der Waals surface area contributed by atoms with E-state index in [-0.39, 0.29) is 0 Å². The third-order valence-corrected chi connectivity index (χ3v) is 10.5. The third kappa shape index (κ3) is 5.81. The van der Waals surface area contributed by atoms with Gasteiger partial charge in [-0.1, -0.05) is 146 Å². The molecule has 9 aromatic carbocycles. The first-order chi connectivity index (χ1) is 26.7. The minimum atomic E-state index is 0.819. The second-order valence-corrected chi connectivity index (χ2v) is 13.8. The van der Waals surface area contributed by atoms with Crippen LogP contribution in [0.3, 0.4) is 0 Å². The Labute approximate surface area is 315 Å². The highest BCUT2D eigenvalue weighted by Crippen LogP contribution is 2.51. The van der Waals surface area contributed by atoms with E-state index in [4.69, 9.17) is 4.74 Å². The summed E-state index contributed by atoms with van der Waals surface area (Å²) in [5.41, 5.74) is 14.6. The van der Waals surface area contributed by atoms with Crippen molar-refractivity contribution in [2.45, 2.75) is 0 Å². The van der Waals surface area contributed by atoms with Crippen LogP contribution in [0.1, 0.15) is 0 Å². The molecule has 0 saturated carbocycles. The summed E-state index contributed by atoms with van der Waals surface area (Å²) in [5.74, 6) is 1.66. The molecule has 0 N–H and O–H groups in total. The monoisotopic (exact) mass is 689 g/mol. The average molecular weight is 690 g/mol. The number of anilines is 3. The molecule has 0 saturated heterocycles. The van der Waals surface area contributed by atoms with Crippen LogP contribution in [0.4, 0.5) is 17.1 Å². The fourth-order valence-corrected chi connectivity index (χ4v) is 7.72. The normalized spacial score (nSPS) is 11.5. The molecule has 2 heteroatoms. The molecule has 10 rings (SSSR count). The highest BCUT2D eigenvalue weighted by Gasteiger charge is 2.24. The van der Waals surface area contributed by atoms with Crippen LogP contribution in [0, 0.1) is 0 Å². The molecule has 54 heavy (non-hydrogen) atoms. The number of nitrogens with zero attached hydrogens (tertiary/aromatic N) is 1. The quantitative estimate of drug-likeness (QED) is 0.172. The minimum absolute atomic E-state index is 0.819. The van der Waals surface area contributed by atoms with Gasteiger partial charge in [0.05, 0.1) is 0 Å². The number of benzene rings is 9. The van der Waals surface area contributed by atoms with Gasteiger partial charge in [0, 0.05) is 34.3 Å². The van der Waals surface area contributed by atoms with Crippen molar-refractivity contribution in [3.63, 3.8) is 0 Å². The van der Waals surface area contributed by atoms with Gasteiger partial charge in [-0.25, -0.2) is 0 Å². The lowest BCUT2D eigenvalue weighted by Crippen LogP contribution is -2.10. The Balaban J connectivity index is 1.14. The van der Waals surface area contributed by atoms with E-state index >= 15 is 0 Å². The molecule has 0 radical (unpaired) electrons. The minimum Gasteiger partial charge on any atom is -0.456 e. The van der Waals surface area contributed by atoms with Crippen LogP contribution in [0.25, 0.3) is 66.4 Å². The van der Waals surface area contributed by atoms with E-state index in [9.17, 15) is 0 Å². The van der Waals surface area contributed by atoms with Crippen molar-refractivity contribution in [3.05, 3.63) is 212 Å². The van der Waals surface area contributed by atoms with Crippen LogP contribution in [-0.4, -0.2) is 0 Å². The molecule has 1 heterocycles. The van der Waals surface area contributed by atoms with E-state index in [0.29, 0.717) is 0 Å².